The molecule has 0 radical (unpaired) electrons. The minimum atomic E-state index is -0.264. The van der Waals surface area contributed by atoms with Crippen LogP contribution in [0, 0.1) is 18.3 Å². The molecule has 1 atom stereocenters. The van der Waals surface area contributed by atoms with Gasteiger partial charge in [-0.2, -0.15) is 5.26 Å². The summed E-state index contributed by atoms with van der Waals surface area (Å²) in [7, 11) is 0. The largest absolute Gasteiger partial charge is 0.488 e. The van der Waals surface area contributed by atoms with E-state index in [1.54, 1.807) is 6.07 Å². The zero-order valence-corrected chi connectivity index (χ0v) is 30.9. The van der Waals surface area contributed by atoms with E-state index in [0.29, 0.717) is 61.5 Å². The number of hydrogen-bond donors (Lipinski definition) is 2. The number of piperidine rings is 1. The smallest absolute Gasteiger partial charge is 0.237 e. The highest BCUT2D eigenvalue weighted by molar-refractivity contribution is 6.32. The summed E-state index contributed by atoms with van der Waals surface area (Å²) in [5, 5.41) is 12.8. The van der Waals surface area contributed by atoms with Crippen LogP contribution in [0.2, 0.25) is 5.02 Å². The first kappa shape index (κ1) is 39.6. The molecular weight excluding hydrogens is 711 g/mol. The maximum atomic E-state index is 13.0. The maximum Gasteiger partial charge on any atom is 0.237 e. The van der Waals surface area contributed by atoms with E-state index >= 15 is 0 Å². The highest BCUT2D eigenvalue weighted by atomic mass is 35.5. The zero-order valence-electron chi connectivity index (χ0n) is 28.5. The topological polar surface area (TPSA) is 119 Å². The lowest BCUT2D eigenvalue weighted by Crippen LogP contribution is -2.49. The molecule has 2 aliphatic heterocycles. The van der Waals surface area contributed by atoms with Crippen LogP contribution in [0.25, 0.3) is 11.1 Å². The van der Waals surface area contributed by atoms with E-state index in [9.17, 15) is 10.1 Å². The van der Waals surface area contributed by atoms with Crippen LogP contribution in [0.1, 0.15) is 47.1 Å². The normalized spacial score (nSPS) is 15.1. The van der Waals surface area contributed by atoms with E-state index < -0.39 is 0 Å². The Morgan fingerprint density at radius 1 is 0.961 bits per heavy atom. The van der Waals surface area contributed by atoms with Gasteiger partial charge in [0.25, 0.3) is 0 Å². The third-order valence-corrected chi connectivity index (χ3v) is 9.28. The van der Waals surface area contributed by atoms with Crippen molar-refractivity contribution in [2.24, 2.45) is 5.73 Å². The van der Waals surface area contributed by atoms with Gasteiger partial charge in [-0.25, -0.2) is 0 Å². The Labute approximate surface area is 316 Å². The van der Waals surface area contributed by atoms with E-state index in [4.69, 9.17) is 36.3 Å². The molecule has 6 rings (SSSR count). The molecule has 9 nitrogen and oxygen atoms in total. The van der Waals surface area contributed by atoms with Crippen molar-refractivity contribution in [1.29, 1.82) is 5.26 Å². The van der Waals surface area contributed by atoms with Gasteiger partial charge in [0, 0.05) is 31.3 Å². The van der Waals surface area contributed by atoms with Gasteiger partial charge in [0.1, 0.15) is 37.9 Å². The van der Waals surface area contributed by atoms with Crippen molar-refractivity contribution >= 4 is 42.3 Å². The molecule has 0 aliphatic carbocycles. The Morgan fingerprint density at radius 2 is 1.75 bits per heavy atom. The summed E-state index contributed by atoms with van der Waals surface area (Å²) in [6.07, 6.45) is 2.75. The number of nitrogens with zero attached hydrogens (tertiary/aromatic N) is 2. The minimum Gasteiger partial charge on any atom is -0.488 e. The number of nitrogens with one attached hydrogen (secondary N) is 1. The molecule has 4 aromatic rings. The van der Waals surface area contributed by atoms with Crippen molar-refractivity contribution in [2.75, 3.05) is 32.8 Å². The standard InChI is InChI=1S/C39H41ClN4O5.2ClH/c1-26-30(8-5-9-32(26)29-11-12-35-38(20-29)47-17-16-46-35)25-49-37-21-36(48-24-28-7-4-6-27(18-28)22-42)31(19-33(37)40)23-44-15-3-2-10-34(44)39(45)43-14-13-41;;/h4-9,11-12,18-21,34H,2-3,10,13-17,23-25,41H2,1H3,(H,43,45);2*1H. The van der Waals surface area contributed by atoms with Gasteiger partial charge in [0.05, 0.1) is 22.7 Å². The molecule has 1 amide bonds. The van der Waals surface area contributed by atoms with Crippen molar-refractivity contribution in [3.05, 3.63) is 106 Å². The summed E-state index contributed by atoms with van der Waals surface area (Å²) < 4.78 is 24.3. The van der Waals surface area contributed by atoms with Gasteiger partial charge in [-0.05, 0) is 84.5 Å². The maximum absolute atomic E-state index is 13.0. The van der Waals surface area contributed by atoms with Crippen LogP contribution in [-0.4, -0.2) is 49.7 Å². The Balaban J connectivity index is 0.00000292. The molecule has 2 aliphatic rings. The Bertz CT molecular complexity index is 1850. The van der Waals surface area contributed by atoms with Crippen molar-refractivity contribution in [1.82, 2.24) is 10.2 Å². The third kappa shape index (κ3) is 9.79. The lowest BCUT2D eigenvalue weighted by atomic mass is 9.96. The zero-order chi connectivity index (χ0) is 34.2. The van der Waals surface area contributed by atoms with Gasteiger partial charge in [-0.15, -0.1) is 24.8 Å². The number of halogens is 3. The molecule has 0 spiro atoms. The second kappa shape index (κ2) is 18.9. The van der Waals surface area contributed by atoms with Crippen LogP contribution in [0.3, 0.4) is 0 Å². The molecule has 270 valence electrons. The number of hydrogen-bond acceptors (Lipinski definition) is 8. The molecular formula is C39H43Cl3N4O5. The molecule has 12 heteroatoms. The number of nitrogens with two attached hydrogens (primary N) is 1. The molecule has 4 aromatic carbocycles. The lowest BCUT2D eigenvalue weighted by molar-refractivity contribution is -0.127. The number of carbonyl (C=O) groups is 1. The number of likely N-dealkylation sites (tertiary alicyclic amines) is 1. The quantitative estimate of drug-likeness (QED) is 0.154. The van der Waals surface area contributed by atoms with E-state index in [2.05, 4.69) is 29.3 Å². The summed E-state index contributed by atoms with van der Waals surface area (Å²) >= 11 is 6.89. The van der Waals surface area contributed by atoms with Crippen molar-refractivity contribution in [3.63, 3.8) is 0 Å². The van der Waals surface area contributed by atoms with Gasteiger partial charge < -0.3 is 30.0 Å². The van der Waals surface area contributed by atoms with Crippen LogP contribution in [0.4, 0.5) is 0 Å². The SMILES string of the molecule is Cc1c(COc2cc(OCc3cccc(C#N)c3)c(CN3CCCCC3C(=O)NCCN)cc2Cl)cccc1-c1ccc2c(c1)OCCO2.Cl.Cl. The average molecular weight is 754 g/mol. The average Bonchev–Trinajstić information content (AvgIpc) is 3.13. The first-order valence-corrected chi connectivity index (χ1v) is 17.1. The molecule has 3 N–H and O–H groups in total. The fourth-order valence-electron chi connectivity index (χ4n) is 6.36. The first-order chi connectivity index (χ1) is 23.9. The predicted octanol–water partition coefficient (Wildman–Crippen LogP) is 7.39. The Kier molecular flexibility index (Phi) is 14.7. The molecule has 1 saturated heterocycles. The van der Waals surface area contributed by atoms with Crippen molar-refractivity contribution < 1.29 is 23.7 Å². The van der Waals surface area contributed by atoms with E-state index in [-0.39, 0.29) is 43.4 Å². The molecule has 2 heterocycles. The number of carbonyl (C=O) groups excluding carboxylic acids is 1. The van der Waals surface area contributed by atoms with Crippen LogP contribution in [-0.2, 0) is 24.6 Å². The summed E-state index contributed by atoms with van der Waals surface area (Å²) in [6.45, 7) is 5.79. The fraction of sp³-hybridized carbons (Fsp3) is 0.333. The summed E-state index contributed by atoms with van der Waals surface area (Å²) in [6, 6.07) is 25.1. The molecule has 0 saturated carbocycles. The second-order valence-corrected chi connectivity index (χ2v) is 12.7. The summed E-state index contributed by atoms with van der Waals surface area (Å²) in [5.41, 5.74) is 12.1. The van der Waals surface area contributed by atoms with E-state index in [0.717, 1.165) is 70.7 Å². The Hall–Kier alpha value is -4.17. The lowest BCUT2D eigenvalue weighted by Gasteiger charge is -2.35. The third-order valence-electron chi connectivity index (χ3n) is 8.98. The number of nitriles is 1. The first-order valence-electron chi connectivity index (χ1n) is 16.7. The van der Waals surface area contributed by atoms with Gasteiger partial charge in [-0.3, -0.25) is 9.69 Å². The number of ether oxygens (including phenoxy) is 4. The Morgan fingerprint density at radius 3 is 2.55 bits per heavy atom. The monoisotopic (exact) mass is 752 g/mol. The van der Waals surface area contributed by atoms with Crippen LogP contribution in [0.15, 0.2) is 72.8 Å². The highest BCUT2D eigenvalue weighted by Crippen LogP contribution is 2.38. The molecule has 0 bridgehead atoms. The molecule has 1 fully saturated rings. The number of rotatable bonds is 12. The molecule has 0 aromatic heterocycles. The van der Waals surface area contributed by atoms with Crippen LogP contribution >= 0.6 is 36.4 Å². The summed E-state index contributed by atoms with van der Waals surface area (Å²) in [5.74, 6) is 2.59. The van der Waals surface area contributed by atoms with E-state index in [1.165, 1.54) is 0 Å². The fourth-order valence-corrected chi connectivity index (χ4v) is 6.61. The van der Waals surface area contributed by atoms with Gasteiger partial charge >= 0.3 is 0 Å². The van der Waals surface area contributed by atoms with Gasteiger partial charge in [-0.1, -0.05) is 54.4 Å². The van der Waals surface area contributed by atoms with Gasteiger partial charge in [0.15, 0.2) is 11.5 Å². The minimum absolute atomic E-state index is 0. The second-order valence-electron chi connectivity index (χ2n) is 12.3. The van der Waals surface area contributed by atoms with Crippen LogP contribution in [0.5, 0.6) is 23.0 Å². The molecule has 1 unspecified atom stereocenters. The number of amides is 1. The highest BCUT2D eigenvalue weighted by Gasteiger charge is 2.29. The van der Waals surface area contributed by atoms with E-state index in [1.807, 2.05) is 60.7 Å². The van der Waals surface area contributed by atoms with Crippen molar-refractivity contribution in [2.45, 2.75) is 52.0 Å². The van der Waals surface area contributed by atoms with Crippen LogP contribution < -0.4 is 30.0 Å². The predicted molar refractivity (Wildman–Crippen MR) is 203 cm³/mol. The van der Waals surface area contributed by atoms with Gasteiger partial charge in [0.2, 0.25) is 5.91 Å². The molecule has 51 heavy (non-hydrogen) atoms. The number of benzene rings is 4. The number of fused-ring (bicyclic) bond motifs is 1. The van der Waals surface area contributed by atoms with Crippen molar-refractivity contribution in [3.8, 4) is 40.2 Å². The summed E-state index contributed by atoms with van der Waals surface area (Å²) in [4.78, 5) is 15.2.